The number of nitrogens with zero attached hydrogens (tertiary/aromatic N) is 2. The highest BCUT2D eigenvalue weighted by atomic mass is 16.5. The van der Waals surface area contributed by atoms with E-state index in [1.165, 1.54) is 16.7 Å². The van der Waals surface area contributed by atoms with E-state index in [1.807, 2.05) is 25.1 Å². The zero-order valence-electron chi connectivity index (χ0n) is 22.9. The van der Waals surface area contributed by atoms with Gasteiger partial charge in [0.2, 0.25) is 5.91 Å². The third-order valence-corrected chi connectivity index (χ3v) is 7.87. The topological polar surface area (TPSA) is 58.2 Å². The first-order valence-corrected chi connectivity index (χ1v) is 14.0. The average Bonchev–Trinajstić information content (AvgIpc) is 3.30. The number of hydrogen-bond donors (Lipinski definition) is 1. The number of unbranched alkanes of at least 4 members (excludes halogenated alkanes) is 1. The van der Waals surface area contributed by atoms with Crippen LogP contribution in [0.2, 0.25) is 0 Å². The van der Waals surface area contributed by atoms with Gasteiger partial charge in [-0.15, -0.1) is 0 Å². The zero-order valence-corrected chi connectivity index (χ0v) is 22.9. The lowest BCUT2D eigenvalue weighted by Crippen LogP contribution is -2.34. The van der Waals surface area contributed by atoms with Crippen molar-refractivity contribution in [3.63, 3.8) is 0 Å². The van der Waals surface area contributed by atoms with Crippen molar-refractivity contribution < 1.29 is 9.53 Å². The molecule has 5 rings (SSSR count). The molecular formula is C33H39N3O2. The Kier molecular flexibility index (Phi) is 8.11. The summed E-state index contributed by atoms with van der Waals surface area (Å²) in [6.07, 6.45) is 4.49. The molecule has 0 spiro atoms. The summed E-state index contributed by atoms with van der Waals surface area (Å²) < 4.78 is 6.23. The second-order valence-corrected chi connectivity index (χ2v) is 10.8. The number of nitrogens with one attached hydrogen (secondary N) is 1. The molecule has 2 heterocycles. The van der Waals surface area contributed by atoms with Crippen molar-refractivity contribution in [2.75, 3.05) is 13.2 Å². The van der Waals surface area contributed by atoms with E-state index >= 15 is 0 Å². The molecule has 0 saturated heterocycles. The van der Waals surface area contributed by atoms with Gasteiger partial charge in [-0.05, 0) is 84.5 Å². The van der Waals surface area contributed by atoms with Crippen molar-refractivity contribution in [3.05, 3.63) is 83.7 Å². The lowest BCUT2D eigenvalue weighted by molar-refractivity contribution is -0.133. The lowest BCUT2D eigenvalue weighted by atomic mass is 9.82. The Bertz CT molecular complexity index is 1380. The van der Waals surface area contributed by atoms with Crippen LogP contribution in [0.5, 0.6) is 5.75 Å². The molecule has 2 unspecified atom stereocenters. The molecule has 1 aromatic heterocycles. The summed E-state index contributed by atoms with van der Waals surface area (Å²) in [7, 11) is 0. The van der Waals surface area contributed by atoms with E-state index in [0.29, 0.717) is 31.4 Å². The molecule has 4 aromatic rings. The molecule has 1 aliphatic heterocycles. The predicted molar refractivity (Wildman–Crippen MR) is 154 cm³/mol. The van der Waals surface area contributed by atoms with Gasteiger partial charge in [-0.1, -0.05) is 62.7 Å². The standard InChI is InChI=1S/C33H39N3O2/c1-4-5-16-36(22-25-9-7-6-8-10-25)33(37)21-26-15-17-38-32-14-12-27(19-29(32)18-23(26)2)28-11-13-30-31(20-28)35-24(3)34-30/h6-14,19-20,23,26H,4-5,15-18,21-22H2,1-3H3,(H,34,35). The molecule has 1 aliphatic rings. The van der Waals surface area contributed by atoms with Gasteiger partial charge in [-0.25, -0.2) is 4.98 Å². The molecule has 5 nitrogen and oxygen atoms in total. The molecule has 0 radical (unpaired) electrons. The van der Waals surface area contributed by atoms with Gasteiger partial charge in [0.25, 0.3) is 0 Å². The summed E-state index contributed by atoms with van der Waals surface area (Å²) in [6.45, 7) is 8.60. The largest absolute Gasteiger partial charge is 0.493 e. The number of H-pyrrole nitrogens is 1. The maximum absolute atomic E-state index is 13.5. The van der Waals surface area contributed by atoms with E-state index in [1.54, 1.807) is 0 Å². The van der Waals surface area contributed by atoms with Crippen LogP contribution in [0.25, 0.3) is 22.2 Å². The van der Waals surface area contributed by atoms with Gasteiger partial charge >= 0.3 is 0 Å². The number of aromatic nitrogens is 2. The maximum Gasteiger partial charge on any atom is 0.223 e. The SMILES string of the molecule is CCCCN(Cc1ccccc1)C(=O)CC1CCOc2ccc(-c3ccc4nc(C)[nH]c4c3)cc2CC1C. The van der Waals surface area contributed by atoms with E-state index in [9.17, 15) is 4.79 Å². The number of ether oxygens (including phenoxy) is 1. The van der Waals surface area contributed by atoms with Crippen LogP contribution in [0.15, 0.2) is 66.7 Å². The van der Waals surface area contributed by atoms with Crippen LogP contribution >= 0.6 is 0 Å². The fourth-order valence-corrected chi connectivity index (χ4v) is 5.60. The van der Waals surface area contributed by atoms with Gasteiger partial charge in [0.1, 0.15) is 11.6 Å². The number of imidazole rings is 1. The van der Waals surface area contributed by atoms with Crippen LogP contribution in [-0.4, -0.2) is 33.9 Å². The number of carbonyl (C=O) groups is 1. The molecule has 0 aliphatic carbocycles. The fraction of sp³-hybridized carbons (Fsp3) is 0.394. The van der Waals surface area contributed by atoms with Crippen molar-refractivity contribution in [2.24, 2.45) is 11.8 Å². The van der Waals surface area contributed by atoms with Crippen LogP contribution in [0, 0.1) is 18.8 Å². The zero-order chi connectivity index (χ0) is 26.5. The first kappa shape index (κ1) is 26.0. The van der Waals surface area contributed by atoms with Crippen molar-refractivity contribution in [1.29, 1.82) is 0 Å². The Morgan fingerprint density at radius 2 is 1.87 bits per heavy atom. The lowest BCUT2D eigenvalue weighted by Gasteiger charge is -2.30. The van der Waals surface area contributed by atoms with Crippen LogP contribution < -0.4 is 4.74 Å². The van der Waals surface area contributed by atoms with Crippen molar-refractivity contribution in [3.8, 4) is 16.9 Å². The van der Waals surface area contributed by atoms with Crippen LogP contribution in [-0.2, 0) is 17.8 Å². The van der Waals surface area contributed by atoms with Crippen molar-refractivity contribution in [2.45, 2.75) is 59.4 Å². The van der Waals surface area contributed by atoms with E-state index in [-0.39, 0.29) is 5.91 Å². The minimum absolute atomic E-state index is 0.261. The van der Waals surface area contributed by atoms with Crippen LogP contribution in [0.3, 0.4) is 0 Å². The molecular weight excluding hydrogens is 470 g/mol. The first-order chi connectivity index (χ1) is 18.5. The number of carbonyl (C=O) groups excluding carboxylic acids is 1. The van der Waals surface area contributed by atoms with Gasteiger partial charge in [0.15, 0.2) is 0 Å². The monoisotopic (exact) mass is 509 g/mol. The normalized spacial score (nSPS) is 17.3. The minimum atomic E-state index is 0.261. The molecule has 3 aromatic carbocycles. The second kappa shape index (κ2) is 11.8. The predicted octanol–water partition coefficient (Wildman–Crippen LogP) is 7.33. The molecule has 5 heteroatoms. The molecule has 1 amide bonds. The highest BCUT2D eigenvalue weighted by molar-refractivity contribution is 5.82. The number of benzene rings is 3. The number of aromatic amines is 1. The highest BCUT2D eigenvalue weighted by Crippen LogP contribution is 2.35. The summed E-state index contributed by atoms with van der Waals surface area (Å²) in [5.74, 6) is 2.84. The summed E-state index contributed by atoms with van der Waals surface area (Å²) in [6, 6.07) is 23.2. The van der Waals surface area contributed by atoms with E-state index < -0.39 is 0 Å². The Morgan fingerprint density at radius 1 is 1.08 bits per heavy atom. The Hall–Kier alpha value is -3.60. The Balaban J connectivity index is 1.31. The summed E-state index contributed by atoms with van der Waals surface area (Å²) >= 11 is 0. The molecule has 0 saturated carbocycles. The molecule has 0 bridgehead atoms. The summed E-state index contributed by atoms with van der Waals surface area (Å²) in [5, 5.41) is 0. The molecule has 198 valence electrons. The minimum Gasteiger partial charge on any atom is -0.493 e. The Morgan fingerprint density at radius 3 is 2.68 bits per heavy atom. The fourth-order valence-electron chi connectivity index (χ4n) is 5.60. The number of hydrogen-bond acceptors (Lipinski definition) is 3. The van der Waals surface area contributed by atoms with Gasteiger partial charge < -0.3 is 14.6 Å². The number of amides is 1. The molecule has 1 N–H and O–H groups in total. The van der Waals surface area contributed by atoms with Gasteiger partial charge in [0.05, 0.1) is 17.6 Å². The second-order valence-electron chi connectivity index (χ2n) is 10.8. The summed E-state index contributed by atoms with van der Waals surface area (Å²) in [4.78, 5) is 23.5. The quantitative estimate of drug-likeness (QED) is 0.270. The first-order valence-electron chi connectivity index (χ1n) is 14.0. The third kappa shape index (κ3) is 6.09. The number of fused-ring (bicyclic) bond motifs is 2. The smallest absolute Gasteiger partial charge is 0.223 e. The van der Waals surface area contributed by atoms with E-state index in [2.05, 4.69) is 77.2 Å². The molecule has 38 heavy (non-hydrogen) atoms. The number of aryl methyl sites for hydroxylation is 1. The molecule has 0 fully saturated rings. The molecule has 2 atom stereocenters. The van der Waals surface area contributed by atoms with E-state index in [0.717, 1.165) is 60.4 Å². The van der Waals surface area contributed by atoms with Crippen molar-refractivity contribution >= 4 is 16.9 Å². The van der Waals surface area contributed by atoms with Gasteiger partial charge in [-0.2, -0.15) is 0 Å². The van der Waals surface area contributed by atoms with Crippen LogP contribution in [0.4, 0.5) is 0 Å². The average molecular weight is 510 g/mol. The van der Waals surface area contributed by atoms with Gasteiger partial charge in [-0.3, -0.25) is 4.79 Å². The van der Waals surface area contributed by atoms with Crippen molar-refractivity contribution in [1.82, 2.24) is 14.9 Å². The number of rotatable bonds is 8. The van der Waals surface area contributed by atoms with Crippen LogP contribution in [0.1, 0.15) is 56.5 Å². The highest BCUT2D eigenvalue weighted by Gasteiger charge is 2.27. The van der Waals surface area contributed by atoms with Gasteiger partial charge in [0, 0.05) is 19.5 Å². The summed E-state index contributed by atoms with van der Waals surface area (Å²) in [5.41, 5.74) is 6.80. The Labute approximate surface area is 226 Å². The third-order valence-electron chi connectivity index (χ3n) is 7.87. The maximum atomic E-state index is 13.5. The van der Waals surface area contributed by atoms with E-state index in [4.69, 9.17) is 4.74 Å².